The van der Waals surface area contributed by atoms with Gasteiger partial charge in [0.15, 0.2) is 0 Å². The Hall–Kier alpha value is -3.19. The summed E-state index contributed by atoms with van der Waals surface area (Å²) in [4.78, 5) is 38.7. The molecule has 0 saturated heterocycles. The Kier molecular flexibility index (Phi) is 4.99. The highest BCUT2D eigenvalue weighted by atomic mass is 16.5. The molecule has 0 saturated carbocycles. The number of amides is 3. The molecule has 2 aromatic rings. The van der Waals surface area contributed by atoms with E-state index >= 15 is 0 Å². The highest BCUT2D eigenvalue weighted by Gasteiger charge is 2.38. The molecular formula is C19H18N2O5. The van der Waals surface area contributed by atoms with Gasteiger partial charge in [-0.25, -0.2) is 4.90 Å². The number of carbonyl (C=O) groups is 3. The number of hydrogen-bond donors (Lipinski definition) is 1. The molecular weight excluding hydrogens is 336 g/mol. The van der Waals surface area contributed by atoms with Crippen LogP contribution in [0.5, 0.6) is 5.75 Å². The highest BCUT2D eigenvalue weighted by molar-refractivity contribution is 6.35. The molecule has 2 aromatic carbocycles. The molecule has 0 atom stereocenters. The minimum atomic E-state index is -0.485. The molecule has 3 rings (SSSR count). The second kappa shape index (κ2) is 7.37. The number of methoxy groups -OCH3 is 2. The number of nitrogens with one attached hydrogen (secondary N) is 1. The van der Waals surface area contributed by atoms with Crippen molar-refractivity contribution in [3.63, 3.8) is 0 Å². The van der Waals surface area contributed by atoms with Crippen LogP contribution in [0, 0.1) is 0 Å². The maximum absolute atomic E-state index is 12.8. The third kappa shape index (κ3) is 3.04. The maximum atomic E-state index is 12.8. The topological polar surface area (TPSA) is 84.9 Å². The van der Waals surface area contributed by atoms with Crippen molar-refractivity contribution in [3.05, 3.63) is 59.2 Å². The predicted octanol–water partition coefficient (Wildman–Crippen LogP) is 1.87. The number of imide groups is 1. The van der Waals surface area contributed by atoms with Gasteiger partial charge in [-0.2, -0.15) is 0 Å². The summed E-state index contributed by atoms with van der Waals surface area (Å²) in [7, 11) is 3.01. The number of anilines is 1. The fourth-order valence-electron chi connectivity index (χ4n) is 2.78. The van der Waals surface area contributed by atoms with Crippen LogP contribution in [0.25, 0.3) is 0 Å². The van der Waals surface area contributed by atoms with E-state index in [1.165, 1.54) is 32.4 Å². The lowest BCUT2D eigenvalue weighted by molar-refractivity contribution is 0.0921. The van der Waals surface area contributed by atoms with E-state index in [1.54, 1.807) is 24.3 Å². The van der Waals surface area contributed by atoms with Crippen molar-refractivity contribution in [2.24, 2.45) is 0 Å². The van der Waals surface area contributed by atoms with Gasteiger partial charge in [0.2, 0.25) is 0 Å². The van der Waals surface area contributed by atoms with E-state index in [0.717, 1.165) is 4.90 Å². The summed E-state index contributed by atoms with van der Waals surface area (Å²) in [5, 5.41) is 2.68. The Labute approximate surface area is 150 Å². The van der Waals surface area contributed by atoms with Crippen LogP contribution >= 0.6 is 0 Å². The molecule has 1 aliphatic heterocycles. The lowest BCUT2D eigenvalue weighted by atomic mass is 10.1. The summed E-state index contributed by atoms with van der Waals surface area (Å²) in [5.74, 6) is -0.845. The largest absolute Gasteiger partial charge is 0.495 e. The van der Waals surface area contributed by atoms with Crippen LogP contribution in [-0.2, 0) is 4.74 Å². The van der Waals surface area contributed by atoms with Gasteiger partial charge in [0, 0.05) is 19.2 Å². The summed E-state index contributed by atoms with van der Waals surface area (Å²) in [5.41, 5.74) is 1.13. The number of nitrogens with zero attached hydrogens (tertiary/aromatic N) is 1. The third-order valence-electron chi connectivity index (χ3n) is 4.07. The van der Waals surface area contributed by atoms with E-state index in [2.05, 4.69) is 5.32 Å². The molecule has 0 radical (unpaired) electrons. The van der Waals surface area contributed by atoms with Gasteiger partial charge in [-0.15, -0.1) is 0 Å². The van der Waals surface area contributed by atoms with Gasteiger partial charge in [0.1, 0.15) is 5.75 Å². The molecule has 7 heteroatoms. The second-order valence-corrected chi connectivity index (χ2v) is 5.63. The number of ether oxygens (including phenoxy) is 2. The van der Waals surface area contributed by atoms with E-state index < -0.39 is 11.8 Å². The smallest absolute Gasteiger partial charge is 0.266 e. The van der Waals surface area contributed by atoms with E-state index in [4.69, 9.17) is 9.47 Å². The zero-order chi connectivity index (χ0) is 18.7. The number of para-hydroxylation sites is 2. The van der Waals surface area contributed by atoms with Gasteiger partial charge >= 0.3 is 0 Å². The Morgan fingerprint density at radius 3 is 2.50 bits per heavy atom. The third-order valence-corrected chi connectivity index (χ3v) is 4.07. The summed E-state index contributed by atoms with van der Waals surface area (Å²) in [6.45, 7) is 0.738. The molecule has 0 fully saturated rings. The van der Waals surface area contributed by atoms with Gasteiger partial charge in [0.25, 0.3) is 17.7 Å². The number of fused-ring (bicyclic) bond motifs is 1. The van der Waals surface area contributed by atoms with Gasteiger partial charge in [0.05, 0.1) is 30.5 Å². The zero-order valence-electron chi connectivity index (χ0n) is 14.4. The SMILES string of the molecule is COCCNC(=O)c1ccc2c(c1)C(=O)N(c1ccccc1OC)C2=O. The van der Waals surface area contributed by atoms with Gasteiger partial charge in [-0.3, -0.25) is 14.4 Å². The Bertz CT molecular complexity index is 878. The zero-order valence-corrected chi connectivity index (χ0v) is 14.4. The van der Waals surface area contributed by atoms with E-state index in [9.17, 15) is 14.4 Å². The molecule has 0 unspecified atom stereocenters. The van der Waals surface area contributed by atoms with Crippen molar-refractivity contribution < 1.29 is 23.9 Å². The second-order valence-electron chi connectivity index (χ2n) is 5.63. The highest BCUT2D eigenvalue weighted by Crippen LogP contribution is 2.34. The molecule has 0 aromatic heterocycles. The van der Waals surface area contributed by atoms with Crippen LogP contribution in [0.1, 0.15) is 31.1 Å². The number of rotatable bonds is 6. The quantitative estimate of drug-likeness (QED) is 0.632. The van der Waals surface area contributed by atoms with Crippen LogP contribution < -0.4 is 15.0 Å². The molecule has 1 aliphatic rings. The lowest BCUT2D eigenvalue weighted by Crippen LogP contribution is -2.29. The normalized spacial score (nSPS) is 12.9. The minimum Gasteiger partial charge on any atom is -0.495 e. The first-order chi connectivity index (χ1) is 12.6. The van der Waals surface area contributed by atoms with Crippen molar-refractivity contribution in [1.29, 1.82) is 0 Å². The molecule has 0 aliphatic carbocycles. The maximum Gasteiger partial charge on any atom is 0.266 e. The molecule has 0 bridgehead atoms. The van der Waals surface area contributed by atoms with Crippen LogP contribution in [-0.4, -0.2) is 45.1 Å². The molecule has 26 heavy (non-hydrogen) atoms. The van der Waals surface area contributed by atoms with Crippen molar-refractivity contribution in [3.8, 4) is 5.75 Å². The summed E-state index contributed by atoms with van der Waals surface area (Å²) >= 11 is 0. The minimum absolute atomic E-state index is 0.195. The standard InChI is InChI=1S/C19H18N2O5/c1-25-10-9-20-17(22)12-7-8-13-14(11-12)19(24)21(18(13)23)15-5-3-4-6-16(15)26-2/h3-8,11H,9-10H2,1-2H3,(H,20,22). The lowest BCUT2D eigenvalue weighted by Gasteiger charge is -2.16. The van der Waals surface area contributed by atoms with Crippen molar-refractivity contribution in [1.82, 2.24) is 5.32 Å². The fraction of sp³-hybridized carbons (Fsp3) is 0.211. The molecule has 0 spiro atoms. The van der Waals surface area contributed by atoms with Gasteiger partial charge < -0.3 is 14.8 Å². The molecule has 7 nitrogen and oxygen atoms in total. The predicted molar refractivity (Wildman–Crippen MR) is 94.8 cm³/mol. The first kappa shape index (κ1) is 17.6. The molecule has 1 heterocycles. The van der Waals surface area contributed by atoms with Gasteiger partial charge in [-0.05, 0) is 30.3 Å². The van der Waals surface area contributed by atoms with Crippen molar-refractivity contribution >= 4 is 23.4 Å². The summed E-state index contributed by atoms with van der Waals surface area (Å²) in [6, 6.07) is 11.2. The first-order valence-corrected chi connectivity index (χ1v) is 8.01. The van der Waals surface area contributed by atoms with E-state index in [-0.39, 0.29) is 17.0 Å². The van der Waals surface area contributed by atoms with Crippen LogP contribution in [0.4, 0.5) is 5.69 Å². The van der Waals surface area contributed by atoms with Gasteiger partial charge in [-0.1, -0.05) is 12.1 Å². The van der Waals surface area contributed by atoms with Crippen LogP contribution in [0.2, 0.25) is 0 Å². The van der Waals surface area contributed by atoms with E-state index in [0.29, 0.717) is 30.2 Å². The Morgan fingerprint density at radius 1 is 1.04 bits per heavy atom. The monoisotopic (exact) mass is 354 g/mol. The molecule has 134 valence electrons. The number of carbonyl (C=O) groups excluding carboxylic acids is 3. The Balaban J connectivity index is 1.92. The van der Waals surface area contributed by atoms with Crippen molar-refractivity contribution in [2.45, 2.75) is 0 Å². The van der Waals surface area contributed by atoms with Crippen molar-refractivity contribution in [2.75, 3.05) is 32.3 Å². The average Bonchev–Trinajstić information content (AvgIpc) is 2.92. The van der Waals surface area contributed by atoms with E-state index in [1.807, 2.05) is 0 Å². The summed E-state index contributed by atoms with van der Waals surface area (Å²) in [6.07, 6.45) is 0. The number of benzene rings is 2. The Morgan fingerprint density at radius 2 is 1.77 bits per heavy atom. The molecule has 1 N–H and O–H groups in total. The van der Waals surface area contributed by atoms with Crippen LogP contribution in [0.15, 0.2) is 42.5 Å². The molecule has 3 amide bonds. The first-order valence-electron chi connectivity index (χ1n) is 8.01. The summed E-state index contributed by atoms with van der Waals surface area (Å²) < 4.78 is 10.1. The fourth-order valence-corrected chi connectivity index (χ4v) is 2.78. The van der Waals surface area contributed by atoms with Crippen LogP contribution in [0.3, 0.4) is 0 Å². The average molecular weight is 354 g/mol. The number of hydrogen-bond acceptors (Lipinski definition) is 5.